The molecule has 0 radical (unpaired) electrons. The van der Waals surface area contributed by atoms with Crippen molar-refractivity contribution in [3.05, 3.63) is 77.1 Å². The number of aromatic nitrogens is 3. The van der Waals surface area contributed by atoms with E-state index in [0.717, 1.165) is 15.8 Å². The Morgan fingerprint density at radius 2 is 2.00 bits per heavy atom. The monoisotopic (exact) mass is 396 g/mol. The molecule has 0 aliphatic carbocycles. The molecule has 2 heterocycles. The number of anilines is 1. The minimum atomic E-state index is -0.122. The number of thiazole rings is 1. The van der Waals surface area contributed by atoms with Gasteiger partial charge in [0.2, 0.25) is 0 Å². The van der Waals surface area contributed by atoms with E-state index < -0.39 is 0 Å². The van der Waals surface area contributed by atoms with Crippen molar-refractivity contribution in [2.75, 3.05) is 4.90 Å². The molecule has 0 aliphatic rings. The van der Waals surface area contributed by atoms with Crippen molar-refractivity contribution in [1.29, 1.82) is 0 Å². The van der Waals surface area contributed by atoms with Gasteiger partial charge in [0.1, 0.15) is 5.69 Å². The van der Waals surface area contributed by atoms with E-state index in [2.05, 4.69) is 10.1 Å². The van der Waals surface area contributed by atoms with Crippen LogP contribution in [-0.2, 0) is 13.1 Å². The zero-order valence-electron chi connectivity index (χ0n) is 14.7. The molecule has 27 heavy (non-hydrogen) atoms. The van der Waals surface area contributed by atoms with Gasteiger partial charge in [0.15, 0.2) is 5.13 Å². The Kier molecular flexibility index (Phi) is 4.92. The van der Waals surface area contributed by atoms with Crippen LogP contribution in [0.4, 0.5) is 5.13 Å². The summed E-state index contributed by atoms with van der Waals surface area (Å²) in [6, 6.07) is 17.2. The first-order chi connectivity index (χ1) is 13.2. The predicted molar refractivity (Wildman–Crippen MR) is 109 cm³/mol. The normalized spacial score (nSPS) is 11.0. The zero-order valence-corrected chi connectivity index (χ0v) is 16.2. The quantitative estimate of drug-likeness (QED) is 0.476. The molecule has 4 rings (SSSR count). The topological polar surface area (TPSA) is 51.0 Å². The van der Waals surface area contributed by atoms with Crippen molar-refractivity contribution in [3.8, 4) is 0 Å². The number of carbonyl (C=O) groups excluding carboxylic acids is 1. The van der Waals surface area contributed by atoms with Crippen LogP contribution in [0.2, 0.25) is 5.02 Å². The van der Waals surface area contributed by atoms with E-state index in [9.17, 15) is 4.79 Å². The molecule has 5 nitrogen and oxygen atoms in total. The van der Waals surface area contributed by atoms with Crippen molar-refractivity contribution in [3.63, 3.8) is 0 Å². The minimum Gasteiger partial charge on any atom is -0.278 e. The van der Waals surface area contributed by atoms with Gasteiger partial charge in [0.25, 0.3) is 5.91 Å². The number of halogens is 1. The van der Waals surface area contributed by atoms with Gasteiger partial charge in [-0.1, -0.05) is 53.3 Å². The molecule has 0 N–H and O–H groups in total. The lowest BCUT2D eigenvalue weighted by Crippen LogP contribution is -2.32. The highest BCUT2D eigenvalue weighted by molar-refractivity contribution is 7.22. The fraction of sp³-hybridized carbons (Fsp3) is 0.150. The van der Waals surface area contributed by atoms with Gasteiger partial charge in [-0.2, -0.15) is 5.10 Å². The highest BCUT2D eigenvalue weighted by Gasteiger charge is 2.24. The summed E-state index contributed by atoms with van der Waals surface area (Å²) in [4.78, 5) is 19.7. The summed E-state index contributed by atoms with van der Waals surface area (Å²) in [6.07, 6.45) is 1.65. The van der Waals surface area contributed by atoms with Crippen LogP contribution in [0.25, 0.3) is 10.2 Å². The van der Waals surface area contributed by atoms with Crippen molar-refractivity contribution < 1.29 is 4.79 Å². The molecule has 2 aromatic heterocycles. The van der Waals surface area contributed by atoms with Crippen molar-refractivity contribution >= 4 is 44.2 Å². The van der Waals surface area contributed by atoms with Gasteiger partial charge in [-0.25, -0.2) is 4.98 Å². The summed E-state index contributed by atoms with van der Waals surface area (Å²) < 4.78 is 2.65. The summed E-state index contributed by atoms with van der Waals surface area (Å²) in [5.74, 6) is -0.122. The van der Waals surface area contributed by atoms with E-state index in [1.165, 1.54) is 11.3 Å². The molecule has 4 aromatic rings. The lowest BCUT2D eigenvalue weighted by Gasteiger charge is -2.20. The van der Waals surface area contributed by atoms with Crippen LogP contribution in [0.15, 0.2) is 60.8 Å². The van der Waals surface area contributed by atoms with Crippen molar-refractivity contribution in [1.82, 2.24) is 14.8 Å². The SMILES string of the molecule is CCn1nccc1C(=O)N(Cc1ccccc1)c1nc2ccc(Cl)cc2s1. The third-order valence-electron chi connectivity index (χ3n) is 4.23. The summed E-state index contributed by atoms with van der Waals surface area (Å²) in [7, 11) is 0. The second-order valence-electron chi connectivity index (χ2n) is 6.02. The fourth-order valence-corrected chi connectivity index (χ4v) is 4.14. The molecule has 0 saturated heterocycles. The number of fused-ring (bicyclic) bond motifs is 1. The predicted octanol–water partition coefficient (Wildman–Crippen LogP) is 5.01. The Hall–Kier alpha value is -2.70. The first-order valence-electron chi connectivity index (χ1n) is 8.59. The van der Waals surface area contributed by atoms with E-state index in [4.69, 9.17) is 11.6 Å². The molecule has 0 fully saturated rings. The highest BCUT2D eigenvalue weighted by atomic mass is 35.5. The van der Waals surface area contributed by atoms with Gasteiger partial charge in [-0.15, -0.1) is 0 Å². The van der Waals surface area contributed by atoms with Gasteiger partial charge < -0.3 is 0 Å². The smallest absolute Gasteiger partial charge is 0.278 e. The Morgan fingerprint density at radius 3 is 2.78 bits per heavy atom. The largest absolute Gasteiger partial charge is 0.278 e. The molecular weight excluding hydrogens is 380 g/mol. The highest BCUT2D eigenvalue weighted by Crippen LogP contribution is 2.32. The molecule has 0 saturated carbocycles. The van der Waals surface area contributed by atoms with Crippen LogP contribution < -0.4 is 4.90 Å². The maximum atomic E-state index is 13.3. The molecule has 0 bridgehead atoms. The summed E-state index contributed by atoms with van der Waals surface area (Å²) >= 11 is 7.57. The Morgan fingerprint density at radius 1 is 1.19 bits per heavy atom. The van der Waals surface area contributed by atoms with Crippen LogP contribution in [0, 0.1) is 0 Å². The average molecular weight is 397 g/mol. The van der Waals surface area contributed by atoms with Crippen LogP contribution in [0.1, 0.15) is 23.0 Å². The average Bonchev–Trinajstić information content (AvgIpc) is 3.32. The fourth-order valence-electron chi connectivity index (χ4n) is 2.90. The van der Waals surface area contributed by atoms with Gasteiger partial charge in [0, 0.05) is 17.8 Å². The first kappa shape index (κ1) is 17.7. The second kappa shape index (κ2) is 7.50. The number of hydrogen-bond donors (Lipinski definition) is 0. The van der Waals surface area contributed by atoms with Crippen LogP contribution in [0.5, 0.6) is 0 Å². The molecule has 7 heteroatoms. The third-order valence-corrected chi connectivity index (χ3v) is 5.51. The lowest BCUT2D eigenvalue weighted by atomic mass is 10.2. The third kappa shape index (κ3) is 3.59. The van der Waals surface area contributed by atoms with E-state index in [1.54, 1.807) is 21.8 Å². The maximum absolute atomic E-state index is 13.3. The molecule has 0 atom stereocenters. The zero-order chi connectivity index (χ0) is 18.8. The van der Waals surface area contributed by atoms with Crippen LogP contribution in [0.3, 0.4) is 0 Å². The van der Waals surface area contributed by atoms with E-state index in [-0.39, 0.29) is 5.91 Å². The van der Waals surface area contributed by atoms with Gasteiger partial charge in [0.05, 0.1) is 16.8 Å². The number of amides is 1. The summed E-state index contributed by atoms with van der Waals surface area (Å²) in [6.45, 7) is 3.02. The van der Waals surface area contributed by atoms with E-state index in [1.807, 2.05) is 55.5 Å². The number of aryl methyl sites for hydroxylation is 1. The van der Waals surface area contributed by atoms with E-state index in [0.29, 0.717) is 28.9 Å². The number of benzene rings is 2. The Bertz CT molecular complexity index is 1090. The van der Waals surface area contributed by atoms with Gasteiger partial charge in [-0.3, -0.25) is 14.4 Å². The Balaban J connectivity index is 1.78. The number of nitrogens with zero attached hydrogens (tertiary/aromatic N) is 4. The van der Waals surface area contributed by atoms with Crippen LogP contribution in [-0.4, -0.2) is 20.7 Å². The molecule has 1 amide bonds. The second-order valence-corrected chi connectivity index (χ2v) is 7.46. The number of carbonyl (C=O) groups is 1. The molecule has 2 aromatic carbocycles. The first-order valence-corrected chi connectivity index (χ1v) is 9.79. The van der Waals surface area contributed by atoms with Crippen LogP contribution >= 0.6 is 22.9 Å². The van der Waals surface area contributed by atoms with Crippen molar-refractivity contribution in [2.45, 2.75) is 20.0 Å². The molecule has 0 spiro atoms. The summed E-state index contributed by atoms with van der Waals surface area (Å²) in [5.41, 5.74) is 2.41. The standard InChI is InChI=1S/C20H17ClN4OS/c1-2-25-17(10-11-22-25)19(26)24(13-14-6-4-3-5-7-14)20-23-16-9-8-15(21)12-18(16)27-20/h3-12H,2,13H2,1H3. The Labute approximate surface area is 165 Å². The molecule has 0 unspecified atom stereocenters. The van der Waals surface area contributed by atoms with E-state index >= 15 is 0 Å². The summed E-state index contributed by atoms with van der Waals surface area (Å²) in [5, 5.41) is 5.53. The number of hydrogen-bond acceptors (Lipinski definition) is 4. The van der Waals surface area contributed by atoms with Gasteiger partial charge >= 0.3 is 0 Å². The maximum Gasteiger partial charge on any atom is 0.278 e. The van der Waals surface area contributed by atoms with Crippen molar-refractivity contribution in [2.24, 2.45) is 0 Å². The minimum absolute atomic E-state index is 0.122. The van der Waals surface area contributed by atoms with Gasteiger partial charge in [-0.05, 0) is 36.8 Å². The molecule has 0 aliphatic heterocycles. The molecule has 136 valence electrons. The lowest BCUT2D eigenvalue weighted by molar-refractivity contribution is 0.0975. The molecular formula is C20H17ClN4OS. The number of rotatable bonds is 5.